The normalized spacial score (nSPS) is 11.3. The maximum atomic E-state index is 12.5. The summed E-state index contributed by atoms with van der Waals surface area (Å²) < 4.78 is 13.1. The fourth-order valence-electron chi connectivity index (χ4n) is 3.05. The average molecular weight is 396 g/mol. The van der Waals surface area contributed by atoms with E-state index in [2.05, 4.69) is 15.4 Å². The first-order valence-electron chi connectivity index (χ1n) is 8.86. The molecule has 0 fully saturated rings. The third-order valence-corrected chi connectivity index (χ3v) is 5.11. The third kappa shape index (κ3) is 3.27. The van der Waals surface area contributed by atoms with E-state index in [4.69, 9.17) is 9.15 Å². The van der Waals surface area contributed by atoms with Crippen molar-refractivity contribution in [2.75, 3.05) is 12.4 Å². The third-order valence-electron chi connectivity index (χ3n) is 4.35. The zero-order chi connectivity index (χ0) is 19.8. The van der Waals surface area contributed by atoms with Gasteiger partial charge in [0, 0.05) is 22.5 Å². The SMILES string of the molecule is COc1cccc2cc(-c3csc(NC(=O)c4cc(C)n(C(C)C)n4)n3)oc12. The molecular formula is C20H20N4O3S. The molecule has 0 aliphatic rings. The summed E-state index contributed by atoms with van der Waals surface area (Å²) in [5.41, 5.74) is 2.64. The first-order valence-corrected chi connectivity index (χ1v) is 9.74. The van der Waals surface area contributed by atoms with Gasteiger partial charge in [-0.25, -0.2) is 4.98 Å². The van der Waals surface area contributed by atoms with Gasteiger partial charge in [0.25, 0.3) is 5.91 Å². The van der Waals surface area contributed by atoms with Crippen molar-refractivity contribution < 1.29 is 13.9 Å². The number of carbonyl (C=O) groups is 1. The zero-order valence-corrected chi connectivity index (χ0v) is 16.8. The Morgan fingerprint density at radius 2 is 2.14 bits per heavy atom. The molecule has 0 atom stereocenters. The van der Waals surface area contributed by atoms with Gasteiger partial charge in [0.2, 0.25) is 0 Å². The Kier molecular flexibility index (Phi) is 4.64. The number of anilines is 1. The molecule has 0 aliphatic heterocycles. The second kappa shape index (κ2) is 7.12. The average Bonchev–Trinajstić information content (AvgIpc) is 3.38. The highest BCUT2D eigenvalue weighted by molar-refractivity contribution is 7.14. The molecule has 0 spiro atoms. The highest BCUT2D eigenvalue weighted by Crippen LogP contribution is 2.34. The van der Waals surface area contributed by atoms with Gasteiger partial charge < -0.3 is 9.15 Å². The molecule has 28 heavy (non-hydrogen) atoms. The van der Waals surface area contributed by atoms with E-state index >= 15 is 0 Å². The molecule has 4 aromatic rings. The van der Waals surface area contributed by atoms with E-state index in [1.165, 1.54) is 11.3 Å². The minimum atomic E-state index is -0.283. The number of ether oxygens (including phenoxy) is 1. The summed E-state index contributed by atoms with van der Waals surface area (Å²) in [6.07, 6.45) is 0. The van der Waals surface area contributed by atoms with Crippen molar-refractivity contribution in [3.63, 3.8) is 0 Å². The monoisotopic (exact) mass is 396 g/mol. The predicted molar refractivity (Wildman–Crippen MR) is 109 cm³/mol. The number of nitrogens with zero attached hydrogens (tertiary/aromatic N) is 3. The molecule has 3 heterocycles. The minimum Gasteiger partial charge on any atom is -0.493 e. The Bertz CT molecular complexity index is 1160. The number of aryl methyl sites for hydroxylation is 1. The Hall–Kier alpha value is -3.13. The lowest BCUT2D eigenvalue weighted by Crippen LogP contribution is -2.13. The molecule has 0 saturated heterocycles. The van der Waals surface area contributed by atoms with Gasteiger partial charge in [0.05, 0.1) is 7.11 Å². The van der Waals surface area contributed by atoms with Crippen LogP contribution in [0.2, 0.25) is 0 Å². The van der Waals surface area contributed by atoms with Gasteiger partial charge in [-0.1, -0.05) is 12.1 Å². The number of carbonyl (C=O) groups excluding carboxylic acids is 1. The summed E-state index contributed by atoms with van der Waals surface area (Å²) in [7, 11) is 1.61. The Balaban J connectivity index is 1.56. The van der Waals surface area contributed by atoms with E-state index in [-0.39, 0.29) is 11.9 Å². The maximum Gasteiger partial charge on any atom is 0.277 e. The van der Waals surface area contributed by atoms with E-state index in [1.807, 2.05) is 55.1 Å². The number of para-hydroxylation sites is 1. The zero-order valence-electron chi connectivity index (χ0n) is 16.0. The molecule has 1 N–H and O–H groups in total. The van der Waals surface area contributed by atoms with Crippen LogP contribution in [0.4, 0.5) is 5.13 Å². The summed E-state index contributed by atoms with van der Waals surface area (Å²) in [4.78, 5) is 17.0. The van der Waals surface area contributed by atoms with E-state index in [0.29, 0.717) is 33.6 Å². The fraction of sp³-hybridized carbons (Fsp3) is 0.250. The van der Waals surface area contributed by atoms with Crippen molar-refractivity contribution in [2.45, 2.75) is 26.8 Å². The fourth-order valence-corrected chi connectivity index (χ4v) is 3.75. The van der Waals surface area contributed by atoms with Crippen LogP contribution in [0.3, 0.4) is 0 Å². The van der Waals surface area contributed by atoms with Gasteiger partial charge in [-0.05, 0) is 39.0 Å². The van der Waals surface area contributed by atoms with Crippen molar-refractivity contribution >= 4 is 33.3 Å². The summed E-state index contributed by atoms with van der Waals surface area (Å²) in [5.74, 6) is 1.01. The number of benzene rings is 1. The lowest BCUT2D eigenvalue weighted by Gasteiger charge is -2.06. The van der Waals surface area contributed by atoms with E-state index in [0.717, 1.165) is 11.1 Å². The van der Waals surface area contributed by atoms with Crippen LogP contribution in [0.25, 0.3) is 22.4 Å². The van der Waals surface area contributed by atoms with E-state index in [1.54, 1.807) is 13.2 Å². The van der Waals surface area contributed by atoms with Crippen LogP contribution in [-0.4, -0.2) is 27.8 Å². The number of aromatic nitrogens is 3. The lowest BCUT2D eigenvalue weighted by atomic mass is 10.2. The van der Waals surface area contributed by atoms with Crippen LogP contribution in [0.1, 0.15) is 36.1 Å². The smallest absolute Gasteiger partial charge is 0.277 e. The summed E-state index contributed by atoms with van der Waals surface area (Å²) in [5, 5.41) is 10.4. The van der Waals surface area contributed by atoms with Gasteiger partial charge in [-0.2, -0.15) is 5.10 Å². The number of furan rings is 1. The van der Waals surface area contributed by atoms with Crippen molar-refractivity contribution in [3.05, 3.63) is 47.1 Å². The Morgan fingerprint density at radius 1 is 1.32 bits per heavy atom. The van der Waals surface area contributed by atoms with Crippen LogP contribution in [0, 0.1) is 6.92 Å². The summed E-state index contributed by atoms with van der Waals surface area (Å²) >= 11 is 1.34. The van der Waals surface area contributed by atoms with Gasteiger partial charge in [0.1, 0.15) is 5.69 Å². The summed E-state index contributed by atoms with van der Waals surface area (Å²) in [6.45, 7) is 5.98. The van der Waals surface area contributed by atoms with Crippen molar-refractivity contribution in [1.82, 2.24) is 14.8 Å². The highest BCUT2D eigenvalue weighted by Gasteiger charge is 2.17. The molecule has 1 aromatic carbocycles. The second-order valence-electron chi connectivity index (χ2n) is 6.69. The molecule has 0 saturated carbocycles. The van der Waals surface area contributed by atoms with Crippen LogP contribution < -0.4 is 10.1 Å². The van der Waals surface area contributed by atoms with Gasteiger partial charge >= 0.3 is 0 Å². The molecule has 3 aromatic heterocycles. The number of amides is 1. The second-order valence-corrected chi connectivity index (χ2v) is 7.55. The van der Waals surface area contributed by atoms with Crippen molar-refractivity contribution in [1.29, 1.82) is 0 Å². The first kappa shape index (κ1) is 18.2. The number of methoxy groups -OCH3 is 1. The molecule has 0 aliphatic carbocycles. The minimum absolute atomic E-state index is 0.193. The molecule has 4 rings (SSSR count). The van der Waals surface area contributed by atoms with Crippen molar-refractivity contribution in [3.8, 4) is 17.2 Å². The van der Waals surface area contributed by atoms with E-state index in [9.17, 15) is 4.79 Å². The first-order chi connectivity index (χ1) is 13.5. The van der Waals surface area contributed by atoms with Crippen LogP contribution in [0.5, 0.6) is 5.75 Å². The van der Waals surface area contributed by atoms with Crippen LogP contribution in [-0.2, 0) is 0 Å². The molecule has 1 amide bonds. The molecule has 0 unspecified atom stereocenters. The number of rotatable bonds is 5. The predicted octanol–water partition coefficient (Wildman–Crippen LogP) is 4.90. The lowest BCUT2D eigenvalue weighted by molar-refractivity contribution is 0.102. The molecule has 7 nitrogen and oxygen atoms in total. The maximum absolute atomic E-state index is 12.5. The quantitative estimate of drug-likeness (QED) is 0.519. The van der Waals surface area contributed by atoms with Gasteiger partial charge in [-0.3, -0.25) is 14.8 Å². The standard InChI is InChI=1S/C20H20N4O3S/c1-11(2)24-12(3)8-14(23-24)19(25)22-20-21-15(10-28-20)17-9-13-6-5-7-16(26-4)18(13)27-17/h5-11H,1-4H3,(H,21,22,25). The van der Waals surface area contributed by atoms with Crippen molar-refractivity contribution in [2.24, 2.45) is 0 Å². The molecular weight excluding hydrogens is 376 g/mol. The van der Waals surface area contributed by atoms with Gasteiger partial charge in [0.15, 0.2) is 27.9 Å². The van der Waals surface area contributed by atoms with Crippen LogP contribution in [0.15, 0.2) is 40.1 Å². The molecule has 8 heteroatoms. The number of thiazole rings is 1. The molecule has 0 bridgehead atoms. The Labute approximate surface area is 166 Å². The number of hydrogen-bond acceptors (Lipinski definition) is 6. The van der Waals surface area contributed by atoms with Crippen LogP contribution >= 0.6 is 11.3 Å². The van der Waals surface area contributed by atoms with E-state index < -0.39 is 0 Å². The number of fused-ring (bicyclic) bond motifs is 1. The number of hydrogen-bond donors (Lipinski definition) is 1. The highest BCUT2D eigenvalue weighted by atomic mass is 32.1. The largest absolute Gasteiger partial charge is 0.493 e. The topological polar surface area (TPSA) is 82.2 Å². The molecule has 144 valence electrons. The molecule has 0 radical (unpaired) electrons. The summed E-state index contributed by atoms with van der Waals surface area (Å²) in [6, 6.07) is 9.58. The van der Waals surface area contributed by atoms with Gasteiger partial charge in [-0.15, -0.1) is 11.3 Å². The number of nitrogens with one attached hydrogen (secondary N) is 1. The Morgan fingerprint density at radius 3 is 2.86 bits per heavy atom.